The van der Waals surface area contributed by atoms with Crippen LogP contribution in [-0.4, -0.2) is 36.6 Å². The van der Waals surface area contributed by atoms with Gasteiger partial charge in [-0.2, -0.15) is 0 Å². The van der Waals surface area contributed by atoms with Crippen LogP contribution in [0.2, 0.25) is 0 Å². The summed E-state index contributed by atoms with van der Waals surface area (Å²) in [5.74, 6) is -0.546. The number of nitrogens with two attached hydrogens (primary N) is 1. The van der Waals surface area contributed by atoms with E-state index in [4.69, 9.17) is 5.14 Å². The lowest BCUT2D eigenvalue weighted by Crippen LogP contribution is -2.28. The van der Waals surface area contributed by atoms with Crippen molar-refractivity contribution in [1.82, 2.24) is 15.3 Å². The van der Waals surface area contributed by atoms with E-state index in [1.807, 2.05) is 0 Å². The van der Waals surface area contributed by atoms with Crippen LogP contribution >= 0.6 is 0 Å². The Morgan fingerprint density at radius 3 is 2.75 bits per heavy atom. The molecule has 0 aliphatic rings. The first-order valence-corrected chi connectivity index (χ1v) is 6.25. The first kappa shape index (κ1) is 12.5. The zero-order valence-corrected chi connectivity index (χ0v) is 9.27. The summed E-state index contributed by atoms with van der Waals surface area (Å²) in [6.07, 6.45) is 4.46. The quantitative estimate of drug-likeness (QED) is 0.637. The van der Waals surface area contributed by atoms with Crippen LogP contribution in [0.1, 0.15) is 16.9 Å². The second-order valence-electron chi connectivity index (χ2n) is 3.07. The second-order valence-corrected chi connectivity index (χ2v) is 4.80. The van der Waals surface area contributed by atoms with Gasteiger partial charge in [-0.15, -0.1) is 0 Å². The summed E-state index contributed by atoms with van der Waals surface area (Å²) in [4.78, 5) is 18.9. The average molecular weight is 244 g/mol. The maximum atomic E-state index is 11.4. The Morgan fingerprint density at radius 2 is 2.19 bits per heavy atom. The molecule has 88 valence electrons. The van der Waals surface area contributed by atoms with Gasteiger partial charge in [0.1, 0.15) is 5.69 Å². The van der Waals surface area contributed by atoms with Gasteiger partial charge in [0.05, 0.1) is 11.9 Å². The van der Waals surface area contributed by atoms with Gasteiger partial charge >= 0.3 is 0 Å². The summed E-state index contributed by atoms with van der Waals surface area (Å²) in [6.45, 7) is 0.228. The van der Waals surface area contributed by atoms with Crippen LogP contribution in [0, 0.1) is 0 Å². The molecular weight excluding hydrogens is 232 g/mol. The molecule has 16 heavy (non-hydrogen) atoms. The third-order valence-corrected chi connectivity index (χ3v) is 2.54. The largest absolute Gasteiger partial charge is 0.351 e. The topological polar surface area (TPSA) is 115 Å². The highest BCUT2D eigenvalue weighted by molar-refractivity contribution is 7.89. The highest BCUT2D eigenvalue weighted by Gasteiger charge is 2.07. The van der Waals surface area contributed by atoms with Crippen molar-refractivity contribution in [2.45, 2.75) is 6.42 Å². The maximum absolute atomic E-state index is 11.4. The molecule has 0 aromatic carbocycles. The van der Waals surface area contributed by atoms with Gasteiger partial charge in [0, 0.05) is 18.9 Å². The number of aromatic nitrogens is 2. The standard InChI is InChI=1S/C8H12N4O3S/c9-16(14,15)5-1-2-12-8(13)7-6-10-3-4-11-7/h3-4,6H,1-2,5H2,(H,12,13)(H2,9,14,15). The minimum absolute atomic E-state index is 0.159. The van der Waals surface area contributed by atoms with Crippen LogP contribution < -0.4 is 10.5 Å². The van der Waals surface area contributed by atoms with Gasteiger partial charge in [-0.1, -0.05) is 0 Å². The molecule has 1 amide bonds. The first-order chi connectivity index (χ1) is 7.49. The van der Waals surface area contributed by atoms with Gasteiger partial charge in [-0.05, 0) is 6.42 Å². The monoisotopic (exact) mass is 244 g/mol. The number of carbonyl (C=O) groups excluding carboxylic acids is 1. The molecule has 0 fully saturated rings. The molecular formula is C8H12N4O3S. The summed E-state index contributed by atoms with van der Waals surface area (Å²) in [6, 6.07) is 0. The molecule has 8 heteroatoms. The summed E-state index contributed by atoms with van der Waals surface area (Å²) in [5, 5.41) is 7.31. The van der Waals surface area contributed by atoms with Crippen LogP contribution in [0.3, 0.4) is 0 Å². The molecule has 0 atom stereocenters. The zero-order valence-electron chi connectivity index (χ0n) is 8.46. The molecule has 1 rings (SSSR count). The lowest BCUT2D eigenvalue weighted by atomic mass is 10.4. The van der Waals surface area contributed by atoms with E-state index in [0.29, 0.717) is 0 Å². The Bertz CT molecular complexity index is 446. The number of rotatable bonds is 5. The molecule has 1 aromatic heterocycles. The van der Waals surface area contributed by atoms with Gasteiger partial charge in [0.15, 0.2) is 0 Å². The summed E-state index contributed by atoms with van der Waals surface area (Å²) in [5.41, 5.74) is 0.193. The van der Waals surface area contributed by atoms with Crippen molar-refractivity contribution in [3.63, 3.8) is 0 Å². The summed E-state index contributed by atoms with van der Waals surface area (Å²) < 4.78 is 21.2. The fourth-order valence-corrected chi connectivity index (χ4v) is 1.53. The van der Waals surface area contributed by atoms with Crippen molar-refractivity contribution in [1.29, 1.82) is 0 Å². The third-order valence-electron chi connectivity index (χ3n) is 1.69. The predicted octanol–water partition coefficient (Wildman–Crippen LogP) is -1.11. The van der Waals surface area contributed by atoms with E-state index >= 15 is 0 Å². The zero-order chi connectivity index (χ0) is 12.0. The maximum Gasteiger partial charge on any atom is 0.271 e. The van der Waals surface area contributed by atoms with Gasteiger partial charge in [0.25, 0.3) is 5.91 Å². The Labute approximate surface area is 93.1 Å². The highest BCUT2D eigenvalue weighted by Crippen LogP contribution is 1.90. The molecule has 0 aliphatic carbocycles. The predicted molar refractivity (Wildman–Crippen MR) is 57.0 cm³/mol. The van der Waals surface area contributed by atoms with Crippen LogP contribution in [0.4, 0.5) is 0 Å². The molecule has 0 unspecified atom stereocenters. The van der Waals surface area contributed by atoms with E-state index < -0.39 is 10.0 Å². The van der Waals surface area contributed by atoms with E-state index in [0.717, 1.165) is 0 Å². The van der Waals surface area contributed by atoms with Gasteiger partial charge < -0.3 is 5.32 Å². The number of carbonyl (C=O) groups is 1. The number of hydrogen-bond donors (Lipinski definition) is 2. The van der Waals surface area contributed by atoms with Gasteiger partial charge in [-0.25, -0.2) is 18.5 Å². The molecule has 1 heterocycles. The Balaban J connectivity index is 2.32. The lowest BCUT2D eigenvalue weighted by molar-refractivity contribution is 0.0948. The van der Waals surface area contributed by atoms with Crippen LogP contribution in [0.5, 0.6) is 0 Å². The molecule has 0 spiro atoms. The average Bonchev–Trinajstić information content (AvgIpc) is 2.24. The first-order valence-electron chi connectivity index (χ1n) is 4.54. The molecule has 7 nitrogen and oxygen atoms in total. The number of nitrogens with one attached hydrogen (secondary N) is 1. The van der Waals surface area contributed by atoms with Crippen molar-refractivity contribution in [3.05, 3.63) is 24.3 Å². The fourth-order valence-electron chi connectivity index (χ4n) is 0.982. The number of sulfonamides is 1. The number of primary sulfonamides is 1. The van der Waals surface area contributed by atoms with E-state index in [1.54, 1.807) is 0 Å². The number of amides is 1. The van der Waals surface area contributed by atoms with Crippen molar-refractivity contribution in [2.75, 3.05) is 12.3 Å². The third kappa shape index (κ3) is 4.80. The molecule has 0 saturated carbocycles. The van der Waals surface area contributed by atoms with Crippen molar-refractivity contribution in [3.8, 4) is 0 Å². The molecule has 0 aliphatic heterocycles. The Hall–Kier alpha value is -1.54. The minimum atomic E-state index is -3.47. The lowest BCUT2D eigenvalue weighted by Gasteiger charge is -2.03. The van der Waals surface area contributed by atoms with E-state index in [2.05, 4.69) is 15.3 Å². The highest BCUT2D eigenvalue weighted by atomic mass is 32.2. The van der Waals surface area contributed by atoms with Crippen LogP contribution in [0.25, 0.3) is 0 Å². The fraction of sp³-hybridized carbons (Fsp3) is 0.375. The van der Waals surface area contributed by atoms with Crippen LogP contribution in [0.15, 0.2) is 18.6 Å². The number of nitrogens with zero attached hydrogens (tertiary/aromatic N) is 2. The molecule has 0 bridgehead atoms. The van der Waals surface area contributed by atoms with Gasteiger partial charge in [-0.3, -0.25) is 9.78 Å². The van der Waals surface area contributed by atoms with Crippen molar-refractivity contribution < 1.29 is 13.2 Å². The van der Waals surface area contributed by atoms with E-state index in [1.165, 1.54) is 18.6 Å². The van der Waals surface area contributed by atoms with E-state index in [9.17, 15) is 13.2 Å². The molecule has 1 aromatic rings. The van der Waals surface area contributed by atoms with Crippen LogP contribution in [-0.2, 0) is 10.0 Å². The summed E-state index contributed by atoms with van der Waals surface area (Å²) >= 11 is 0. The molecule has 0 radical (unpaired) electrons. The minimum Gasteiger partial charge on any atom is -0.351 e. The SMILES string of the molecule is NS(=O)(=O)CCCNC(=O)c1cnccn1. The summed E-state index contributed by atoms with van der Waals surface area (Å²) in [7, 11) is -3.47. The van der Waals surface area contributed by atoms with E-state index in [-0.39, 0.29) is 30.3 Å². The second kappa shape index (κ2) is 5.52. The van der Waals surface area contributed by atoms with Crippen molar-refractivity contribution in [2.24, 2.45) is 5.14 Å². The normalized spacial score (nSPS) is 11.1. The molecule has 0 saturated heterocycles. The molecule has 3 N–H and O–H groups in total. The Morgan fingerprint density at radius 1 is 1.44 bits per heavy atom. The van der Waals surface area contributed by atoms with Gasteiger partial charge in [0.2, 0.25) is 10.0 Å². The smallest absolute Gasteiger partial charge is 0.271 e. The number of hydrogen-bond acceptors (Lipinski definition) is 5. The van der Waals surface area contributed by atoms with Crippen molar-refractivity contribution >= 4 is 15.9 Å². The Kier molecular flexibility index (Phi) is 4.32.